The molecule has 0 aliphatic carbocycles. The van der Waals surface area contributed by atoms with E-state index in [1.807, 2.05) is 87.5 Å². The zero-order valence-corrected chi connectivity index (χ0v) is 52.1. The van der Waals surface area contributed by atoms with E-state index in [0.717, 1.165) is 105 Å². The summed E-state index contributed by atoms with van der Waals surface area (Å²) >= 11 is 19.3. The van der Waals surface area contributed by atoms with Crippen molar-refractivity contribution in [1.82, 2.24) is 60.6 Å². The molecule has 9 N–H and O–H groups in total. The molecule has 3 amide bonds. The molecule has 9 aromatic rings. The van der Waals surface area contributed by atoms with Crippen LogP contribution in [0.1, 0.15) is 72.9 Å². The van der Waals surface area contributed by atoms with Gasteiger partial charge in [0.15, 0.2) is 18.3 Å². The minimum atomic E-state index is -0.630. The van der Waals surface area contributed by atoms with Crippen LogP contribution in [-0.4, -0.2) is 174 Å². The van der Waals surface area contributed by atoms with Gasteiger partial charge in [0.25, 0.3) is 17.7 Å². The number of ether oxygens (including phenoxy) is 3. The molecule has 3 fully saturated rings. The van der Waals surface area contributed by atoms with Crippen LogP contribution in [0.3, 0.4) is 0 Å². The first kappa shape index (κ1) is 61.0. The van der Waals surface area contributed by atoms with E-state index in [4.69, 9.17) is 49.0 Å². The van der Waals surface area contributed by atoms with E-state index in [1.165, 1.54) is 0 Å². The van der Waals surface area contributed by atoms with Gasteiger partial charge in [-0.3, -0.25) is 14.4 Å². The SMILES string of the molecule is C[C@@H](O)c1cc2c(-c3cc(Cl)cc4c3O[C@H](C(=O)N3CCNCC3)C4)ccnc2[nH]1.C[C@H](O)c1cc2c(-c3cc(Cl)cc4c3O[C@@H](C(=O)N3CCNCC3)C4)ccnc2[nH]1.C[C@H](O)c1cc2c(-c3cc(Cl)cc4c3O[C@H](C(=O)N3CCNCC3)C4)ccnc2[nH]1. The molecule has 6 aromatic heterocycles. The first-order chi connectivity index (χ1) is 43.5. The average molecular weight is 1280 g/mol. The van der Waals surface area contributed by atoms with Crippen LogP contribution in [0.4, 0.5) is 0 Å². The van der Waals surface area contributed by atoms with Crippen molar-refractivity contribution in [3.8, 4) is 50.6 Å². The summed E-state index contributed by atoms with van der Waals surface area (Å²) in [5.74, 6) is 2.15. The predicted molar refractivity (Wildman–Crippen MR) is 344 cm³/mol. The van der Waals surface area contributed by atoms with Gasteiger partial charge in [0.1, 0.15) is 34.2 Å². The molecule has 0 spiro atoms. The van der Waals surface area contributed by atoms with Crippen molar-refractivity contribution in [2.45, 2.75) is 76.7 Å². The predicted octanol–water partition coefficient (Wildman–Crippen LogP) is 8.02. The summed E-state index contributed by atoms with van der Waals surface area (Å²) in [6.45, 7) is 14.1. The Labute approximate surface area is 533 Å². The highest BCUT2D eigenvalue weighted by Crippen LogP contribution is 2.47. The minimum Gasteiger partial charge on any atom is -0.479 e. The van der Waals surface area contributed by atoms with E-state index < -0.39 is 36.6 Å². The van der Waals surface area contributed by atoms with Crippen molar-refractivity contribution in [1.29, 1.82) is 0 Å². The van der Waals surface area contributed by atoms with Gasteiger partial charge in [-0.15, -0.1) is 0 Å². The topological polar surface area (TPSA) is 271 Å². The first-order valence-corrected chi connectivity index (χ1v) is 31.6. The summed E-state index contributed by atoms with van der Waals surface area (Å²) in [7, 11) is 0. The molecule has 0 saturated carbocycles. The second-order valence-corrected chi connectivity index (χ2v) is 24.9. The van der Waals surface area contributed by atoms with Gasteiger partial charge in [-0.25, -0.2) is 15.0 Å². The largest absolute Gasteiger partial charge is 0.479 e. The number of pyridine rings is 3. The number of halogens is 3. The van der Waals surface area contributed by atoms with Gasteiger partial charge < -0.3 is 75.1 Å². The zero-order chi connectivity index (χ0) is 62.5. The molecule has 0 radical (unpaired) electrons. The molecule has 90 heavy (non-hydrogen) atoms. The van der Waals surface area contributed by atoms with Crippen LogP contribution < -0.4 is 30.2 Å². The Hall–Kier alpha value is -7.83. The lowest BCUT2D eigenvalue weighted by molar-refractivity contribution is -0.139. The van der Waals surface area contributed by atoms with Crippen LogP contribution in [0, 0.1) is 0 Å². The number of carbonyl (C=O) groups excluding carboxylic acids is 3. The third-order valence-electron chi connectivity index (χ3n) is 17.4. The summed E-state index contributed by atoms with van der Waals surface area (Å²) in [5.41, 5.74) is 12.1. The van der Waals surface area contributed by atoms with Gasteiger partial charge in [0, 0.05) is 198 Å². The number of nitrogens with zero attached hydrogens (tertiary/aromatic N) is 6. The monoisotopic (exact) mass is 1280 g/mol. The van der Waals surface area contributed by atoms with Crippen molar-refractivity contribution >= 4 is 85.6 Å². The summed E-state index contributed by atoms with van der Waals surface area (Å²) in [5, 5.41) is 44.1. The maximum Gasteiger partial charge on any atom is 0.264 e. The van der Waals surface area contributed by atoms with Crippen LogP contribution in [0.2, 0.25) is 15.1 Å². The Balaban J connectivity index is 0.000000124. The van der Waals surface area contributed by atoms with Gasteiger partial charge in [0.2, 0.25) is 0 Å². The third kappa shape index (κ3) is 12.3. The van der Waals surface area contributed by atoms with E-state index >= 15 is 0 Å². The molecule has 0 bridgehead atoms. The standard InChI is InChI=1S/3C22H23ClN4O3/c3*1-12(28)18-11-17-15(2-3-25-21(17)26-18)16-10-14(23)8-13-9-19(30-20(13)16)22(29)27-6-4-24-5-7-27/h3*2-3,8,10-12,19,24,28H,4-7,9H2,1H3,(H,25,26)/t2*12-,19+;12-,19-/m100/s1. The van der Waals surface area contributed by atoms with E-state index in [2.05, 4.69) is 45.9 Å². The number of nitrogens with one attached hydrogen (secondary N) is 6. The number of amides is 3. The molecule has 6 aliphatic heterocycles. The second-order valence-electron chi connectivity index (χ2n) is 23.5. The van der Waals surface area contributed by atoms with Gasteiger partial charge >= 0.3 is 0 Å². The highest BCUT2D eigenvalue weighted by molar-refractivity contribution is 6.32. The Morgan fingerprint density at radius 2 is 0.700 bits per heavy atom. The van der Waals surface area contributed by atoms with Gasteiger partial charge in [-0.1, -0.05) is 34.8 Å². The fourth-order valence-electron chi connectivity index (χ4n) is 12.8. The Morgan fingerprint density at radius 3 is 0.956 bits per heavy atom. The van der Waals surface area contributed by atoms with Crippen LogP contribution in [0.15, 0.2) is 91.4 Å². The molecule has 3 aromatic carbocycles. The Morgan fingerprint density at radius 1 is 0.433 bits per heavy atom. The van der Waals surface area contributed by atoms with E-state index in [1.54, 1.807) is 39.4 Å². The maximum atomic E-state index is 13.0. The summed E-state index contributed by atoms with van der Waals surface area (Å²) in [6, 6.07) is 22.6. The van der Waals surface area contributed by atoms with Gasteiger partial charge in [-0.05, 0) is 110 Å². The van der Waals surface area contributed by atoms with Crippen molar-refractivity contribution in [2.75, 3.05) is 78.5 Å². The van der Waals surface area contributed by atoms with Gasteiger partial charge in [-0.2, -0.15) is 0 Å². The number of aliphatic hydroxyl groups is 3. The summed E-state index contributed by atoms with van der Waals surface area (Å²) < 4.78 is 18.6. The number of piperazine rings is 3. The number of H-pyrrole nitrogens is 3. The molecule has 0 unspecified atom stereocenters. The van der Waals surface area contributed by atoms with Crippen molar-refractivity contribution < 1.29 is 43.9 Å². The van der Waals surface area contributed by atoms with Crippen LogP contribution >= 0.6 is 34.8 Å². The fourth-order valence-corrected chi connectivity index (χ4v) is 13.5. The lowest BCUT2D eigenvalue weighted by Crippen LogP contribution is -2.50. The third-order valence-corrected chi connectivity index (χ3v) is 18.0. The molecule has 468 valence electrons. The highest BCUT2D eigenvalue weighted by Gasteiger charge is 2.39. The molecular weight excluding hydrogens is 1210 g/mol. The molecule has 6 aliphatic rings. The minimum absolute atomic E-state index is 0.0210. The molecule has 6 atom stereocenters. The highest BCUT2D eigenvalue weighted by atomic mass is 35.5. The molecule has 24 heteroatoms. The number of aromatic nitrogens is 6. The number of fused-ring (bicyclic) bond motifs is 6. The number of aliphatic hydroxyl groups excluding tert-OH is 3. The van der Waals surface area contributed by atoms with Crippen LogP contribution in [-0.2, 0) is 33.6 Å². The lowest BCUT2D eigenvalue weighted by Gasteiger charge is -2.29. The maximum absolute atomic E-state index is 13.0. The smallest absolute Gasteiger partial charge is 0.264 e. The summed E-state index contributed by atoms with van der Waals surface area (Å²) in [4.78, 5) is 67.2. The number of benzene rings is 3. The van der Waals surface area contributed by atoms with Crippen molar-refractivity contribution in [2.24, 2.45) is 0 Å². The Kier molecular flexibility index (Phi) is 17.5. The number of hydrogen-bond acceptors (Lipinski definition) is 15. The number of carbonyl (C=O) groups is 3. The van der Waals surface area contributed by atoms with Gasteiger partial charge in [0.05, 0.1) is 18.3 Å². The molecule has 3 saturated heterocycles. The molecule has 21 nitrogen and oxygen atoms in total. The van der Waals surface area contributed by atoms with Crippen molar-refractivity contribution in [3.63, 3.8) is 0 Å². The fraction of sp³-hybridized carbons (Fsp3) is 0.364. The Bertz CT molecular complexity index is 3790. The number of rotatable bonds is 9. The molecular formula is C66H69Cl3N12O9. The lowest BCUT2D eigenvalue weighted by atomic mass is 9.99. The second kappa shape index (κ2) is 25.8. The van der Waals surface area contributed by atoms with Crippen molar-refractivity contribution in [3.05, 3.63) is 140 Å². The normalized spacial score (nSPS) is 19.6. The van der Waals surface area contributed by atoms with E-state index in [0.29, 0.717) is 125 Å². The van der Waals surface area contributed by atoms with Crippen LogP contribution in [0.5, 0.6) is 17.2 Å². The van der Waals surface area contributed by atoms with E-state index in [-0.39, 0.29) is 17.7 Å². The quantitative estimate of drug-likeness (QED) is 0.0662. The van der Waals surface area contributed by atoms with E-state index in [9.17, 15) is 29.7 Å². The van der Waals surface area contributed by atoms with Crippen LogP contribution in [0.25, 0.3) is 66.5 Å². The summed E-state index contributed by atoms with van der Waals surface area (Å²) in [6.07, 6.45) is 3.16. The zero-order valence-electron chi connectivity index (χ0n) is 49.8. The molecule has 15 rings (SSSR count). The number of hydrogen-bond donors (Lipinski definition) is 9. The first-order valence-electron chi connectivity index (χ1n) is 30.5. The molecule has 12 heterocycles. The average Bonchev–Trinajstić information content (AvgIpc) is 1.66. The number of aromatic amines is 3.